The predicted octanol–water partition coefficient (Wildman–Crippen LogP) is 13.4. The van der Waals surface area contributed by atoms with Crippen LogP contribution >= 0.6 is 0 Å². The predicted molar refractivity (Wildman–Crippen MR) is 240 cm³/mol. The summed E-state index contributed by atoms with van der Waals surface area (Å²) in [4.78, 5) is 15.3. The minimum atomic E-state index is 0.635. The molecule has 3 aromatic heterocycles. The molecule has 12 rings (SSSR count). The maximum absolute atomic E-state index is 5.14. The molecule has 12 aromatic rings. The van der Waals surface area contributed by atoms with Gasteiger partial charge in [-0.15, -0.1) is 0 Å². The molecule has 5 nitrogen and oxygen atoms in total. The summed E-state index contributed by atoms with van der Waals surface area (Å²) in [5.41, 5.74) is 9.76. The van der Waals surface area contributed by atoms with Crippen LogP contribution in [0.3, 0.4) is 0 Å². The van der Waals surface area contributed by atoms with E-state index in [2.05, 4.69) is 173 Å². The highest BCUT2D eigenvalue weighted by molar-refractivity contribution is 6.24. The van der Waals surface area contributed by atoms with Gasteiger partial charge in [0.1, 0.15) is 0 Å². The zero-order valence-electron chi connectivity index (χ0n) is 31.3. The van der Waals surface area contributed by atoms with Crippen LogP contribution in [-0.4, -0.2) is 24.1 Å². The van der Waals surface area contributed by atoms with Gasteiger partial charge in [0.25, 0.3) is 0 Å². The normalized spacial score (nSPS) is 11.8. The fraction of sp³-hybridized carbons (Fsp3) is 0. The van der Waals surface area contributed by atoms with Crippen molar-refractivity contribution in [2.45, 2.75) is 0 Å². The Labute approximate surface area is 333 Å². The van der Waals surface area contributed by atoms with Crippen LogP contribution in [0.25, 0.3) is 111 Å². The van der Waals surface area contributed by atoms with Gasteiger partial charge in [0.2, 0.25) is 0 Å². The Bertz CT molecular complexity index is 3500. The van der Waals surface area contributed by atoms with E-state index >= 15 is 0 Å². The van der Waals surface area contributed by atoms with Gasteiger partial charge in [0.15, 0.2) is 17.5 Å². The van der Waals surface area contributed by atoms with Gasteiger partial charge in [-0.05, 0) is 41.1 Å². The molecule has 9 aromatic carbocycles. The lowest BCUT2D eigenvalue weighted by atomic mass is 10.0. The third-order valence-electron chi connectivity index (χ3n) is 11.6. The Morgan fingerprint density at radius 2 is 0.724 bits per heavy atom. The van der Waals surface area contributed by atoms with Gasteiger partial charge in [-0.2, -0.15) is 0 Å². The molecule has 0 aliphatic rings. The first-order valence-corrected chi connectivity index (χ1v) is 19.6. The van der Waals surface area contributed by atoms with Crippen molar-refractivity contribution in [2.75, 3.05) is 0 Å². The Morgan fingerprint density at radius 3 is 1.33 bits per heavy atom. The quantitative estimate of drug-likeness (QED) is 0.177. The minimum absolute atomic E-state index is 0.635. The second kappa shape index (κ2) is 12.8. The molecular formula is C53H33N5. The van der Waals surface area contributed by atoms with Crippen molar-refractivity contribution in [1.82, 2.24) is 24.1 Å². The van der Waals surface area contributed by atoms with Crippen LogP contribution in [0.15, 0.2) is 200 Å². The van der Waals surface area contributed by atoms with Gasteiger partial charge in [0, 0.05) is 49.0 Å². The highest BCUT2D eigenvalue weighted by Gasteiger charge is 2.23. The standard InChI is InChI=1S/C53H33N5/c1-3-17-35(18-4-1)51-54-52(36-19-5-2-6-20-36)56-53(55-51)44-32-33-48(39-24-10-9-23-38(39)44)58-47-28-14-12-26-41(47)43-31-30-42-40-25-11-13-27-46(40)57(49(42)50(43)58)45-29-15-21-34-16-7-8-22-37(34)45/h1-33H. The Hall–Kier alpha value is -7.89. The van der Waals surface area contributed by atoms with Crippen molar-refractivity contribution in [3.05, 3.63) is 200 Å². The minimum Gasteiger partial charge on any atom is -0.307 e. The molecule has 0 saturated carbocycles. The maximum Gasteiger partial charge on any atom is 0.164 e. The smallest absolute Gasteiger partial charge is 0.164 e. The highest BCUT2D eigenvalue weighted by Crippen LogP contribution is 2.44. The molecule has 0 N–H and O–H groups in total. The van der Waals surface area contributed by atoms with Gasteiger partial charge >= 0.3 is 0 Å². The number of aromatic nitrogens is 5. The lowest BCUT2D eigenvalue weighted by molar-refractivity contribution is 1.08. The third-order valence-corrected chi connectivity index (χ3v) is 11.6. The summed E-state index contributed by atoms with van der Waals surface area (Å²) in [6, 6.07) is 71.0. The summed E-state index contributed by atoms with van der Waals surface area (Å²) in [5, 5.41) is 9.45. The Morgan fingerprint density at radius 1 is 0.276 bits per heavy atom. The molecule has 58 heavy (non-hydrogen) atoms. The maximum atomic E-state index is 5.14. The van der Waals surface area contributed by atoms with Crippen LogP contribution in [0.1, 0.15) is 0 Å². The number of hydrogen-bond acceptors (Lipinski definition) is 3. The summed E-state index contributed by atoms with van der Waals surface area (Å²) in [5.74, 6) is 1.92. The van der Waals surface area contributed by atoms with Gasteiger partial charge < -0.3 is 9.13 Å². The first-order valence-electron chi connectivity index (χ1n) is 19.6. The number of nitrogens with zero attached hydrogens (tertiary/aromatic N) is 5. The largest absolute Gasteiger partial charge is 0.307 e. The molecule has 0 amide bonds. The third kappa shape index (κ3) is 4.87. The molecule has 270 valence electrons. The second-order valence-electron chi connectivity index (χ2n) is 14.8. The summed E-state index contributed by atoms with van der Waals surface area (Å²) in [6.07, 6.45) is 0. The summed E-state index contributed by atoms with van der Waals surface area (Å²) >= 11 is 0. The van der Waals surface area contributed by atoms with Crippen molar-refractivity contribution in [3.63, 3.8) is 0 Å². The van der Waals surface area contributed by atoms with Crippen molar-refractivity contribution in [2.24, 2.45) is 0 Å². The Balaban J connectivity index is 1.18. The van der Waals surface area contributed by atoms with Gasteiger partial charge in [-0.1, -0.05) is 170 Å². The van der Waals surface area contributed by atoms with Crippen molar-refractivity contribution in [3.8, 4) is 45.5 Å². The van der Waals surface area contributed by atoms with Crippen LogP contribution in [-0.2, 0) is 0 Å². The average Bonchev–Trinajstić information content (AvgIpc) is 3.82. The molecular weight excluding hydrogens is 707 g/mol. The number of benzene rings is 9. The van der Waals surface area contributed by atoms with E-state index in [0.717, 1.165) is 44.4 Å². The molecule has 0 radical (unpaired) electrons. The number of para-hydroxylation sites is 2. The van der Waals surface area contributed by atoms with Gasteiger partial charge in [-0.3, -0.25) is 0 Å². The zero-order valence-corrected chi connectivity index (χ0v) is 31.3. The molecule has 0 atom stereocenters. The number of hydrogen-bond donors (Lipinski definition) is 0. The lowest BCUT2D eigenvalue weighted by Gasteiger charge is -2.17. The monoisotopic (exact) mass is 739 g/mol. The molecule has 0 aliphatic heterocycles. The summed E-state index contributed by atoms with van der Waals surface area (Å²) in [7, 11) is 0. The molecule has 0 unspecified atom stereocenters. The lowest BCUT2D eigenvalue weighted by Crippen LogP contribution is -2.02. The van der Waals surface area contributed by atoms with Crippen LogP contribution < -0.4 is 0 Å². The highest BCUT2D eigenvalue weighted by atomic mass is 15.1. The first kappa shape index (κ1) is 32.4. The molecule has 0 fully saturated rings. The average molecular weight is 740 g/mol. The van der Waals surface area contributed by atoms with E-state index < -0.39 is 0 Å². The van der Waals surface area contributed by atoms with E-state index in [0.29, 0.717) is 17.5 Å². The molecule has 0 bridgehead atoms. The molecule has 3 heterocycles. The summed E-state index contributed by atoms with van der Waals surface area (Å²) in [6.45, 7) is 0. The van der Waals surface area contributed by atoms with Crippen LogP contribution in [0, 0.1) is 0 Å². The van der Waals surface area contributed by atoms with Crippen LogP contribution in [0.5, 0.6) is 0 Å². The SMILES string of the molecule is c1ccc(-c2nc(-c3ccccc3)nc(-c3ccc(-n4c5ccccc5c5ccc6c7ccccc7n(-c7cccc8ccccc78)c6c54)c4ccccc34)n2)cc1. The first-order chi connectivity index (χ1) is 28.8. The summed E-state index contributed by atoms with van der Waals surface area (Å²) < 4.78 is 4.97. The van der Waals surface area contributed by atoms with E-state index in [4.69, 9.17) is 15.0 Å². The van der Waals surface area contributed by atoms with E-state index in [9.17, 15) is 0 Å². The van der Waals surface area contributed by atoms with E-state index in [1.54, 1.807) is 0 Å². The van der Waals surface area contributed by atoms with Gasteiger partial charge in [0.05, 0.1) is 33.4 Å². The number of fused-ring (bicyclic) bond motifs is 9. The molecule has 0 aliphatic carbocycles. The molecule has 0 saturated heterocycles. The van der Waals surface area contributed by atoms with Crippen molar-refractivity contribution in [1.29, 1.82) is 0 Å². The molecule has 0 spiro atoms. The number of rotatable bonds is 5. The van der Waals surface area contributed by atoms with E-state index in [1.807, 2.05) is 36.4 Å². The van der Waals surface area contributed by atoms with Crippen molar-refractivity contribution < 1.29 is 0 Å². The second-order valence-corrected chi connectivity index (χ2v) is 14.8. The van der Waals surface area contributed by atoms with E-state index in [1.165, 1.54) is 48.9 Å². The molecule has 5 heteroatoms. The van der Waals surface area contributed by atoms with Crippen LogP contribution in [0.4, 0.5) is 0 Å². The zero-order chi connectivity index (χ0) is 38.2. The van der Waals surface area contributed by atoms with E-state index in [-0.39, 0.29) is 0 Å². The van der Waals surface area contributed by atoms with Crippen molar-refractivity contribution >= 4 is 65.2 Å². The topological polar surface area (TPSA) is 48.5 Å². The fourth-order valence-corrected chi connectivity index (χ4v) is 9.01. The Kier molecular flexibility index (Phi) is 7.16. The van der Waals surface area contributed by atoms with Gasteiger partial charge in [-0.25, -0.2) is 15.0 Å². The van der Waals surface area contributed by atoms with Crippen LogP contribution in [0.2, 0.25) is 0 Å². The fourth-order valence-electron chi connectivity index (χ4n) is 9.01.